The van der Waals surface area contributed by atoms with E-state index in [1.165, 1.54) is 0 Å². The summed E-state index contributed by atoms with van der Waals surface area (Å²) < 4.78 is 27.7. The maximum atomic E-state index is 12.2. The average Bonchev–Trinajstić information content (AvgIpc) is 2.40. The largest absolute Gasteiger partial charge is 0.497 e. The van der Waals surface area contributed by atoms with E-state index >= 15 is 0 Å². The Hall–Kier alpha value is -1.09. The highest BCUT2D eigenvalue weighted by atomic mass is 31.2. The van der Waals surface area contributed by atoms with Crippen LogP contribution in [0.25, 0.3) is 6.08 Å². The highest BCUT2D eigenvalue weighted by Crippen LogP contribution is 2.47. The molecule has 1 aromatic carbocycles. The molecule has 1 rings (SSSR count). The van der Waals surface area contributed by atoms with Crippen molar-refractivity contribution in [1.82, 2.24) is 0 Å². The number of rotatable bonds is 8. The molecule has 0 unspecified atom stereocenters. The van der Waals surface area contributed by atoms with Crippen molar-refractivity contribution in [2.75, 3.05) is 26.5 Å². The van der Waals surface area contributed by atoms with Gasteiger partial charge in [0.1, 0.15) is 5.75 Å². The molecule has 1 aromatic rings. The van der Waals surface area contributed by atoms with E-state index in [1.54, 1.807) is 21.0 Å². The van der Waals surface area contributed by atoms with E-state index in [0.717, 1.165) is 11.3 Å². The van der Waals surface area contributed by atoms with Crippen molar-refractivity contribution in [3.8, 4) is 5.75 Å². The molecule has 106 valence electrons. The molecule has 4 nitrogen and oxygen atoms in total. The molecule has 0 atom stereocenters. The number of benzene rings is 1. The fourth-order valence-electron chi connectivity index (χ4n) is 1.57. The van der Waals surface area contributed by atoms with E-state index in [4.69, 9.17) is 13.8 Å². The van der Waals surface area contributed by atoms with Crippen LogP contribution in [-0.2, 0) is 13.6 Å². The molecule has 19 heavy (non-hydrogen) atoms. The monoisotopic (exact) mass is 284 g/mol. The van der Waals surface area contributed by atoms with Crippen LogP contribution in [0.2, 0.25) is 0 Å². The van der Waals surface area contributed by atoms with Crippen molar-refractivity contribution >= 4 is 13.7 Å². The molecule has 0 amide bonds. The van der Waals surface area contributed by atoms with Crippen LogP contribution in [-0.4, -0.2) is 26.5 Å². The van der Waals surface area contributed by atoms with E-state index in [-0.39, 0.29) is 6.16 Å². The summed E-state index contributed by atoms with van der Waals surface area (Å²) in [7, 11) is -1.35. The molecule has 5 heteroatoms. The van der Waals surface area contributed by atoms with Crippen LogP contribution in [0.4, 0.5) is 0 Å². The molecule has 0 bridgehead atoms. The zero-order chi connectivity index (χ0) is 14.1. The van der Waals surface area contributed by atoms with Gasteiger partial charge in [0.25, 0.3) is 0 Å². The average molecular weight is 284 g/mol. The smallest absolute Gasteiger partial charge is 0.334 e. The normalized spacial score (nSPS) is 11.9. The maximum absolute atomic E-state index is 12.2. The summed E-state index contributed by atoms with van der Waals surface area (Å²) in [6, 6.07) is 7.62. The second-order valence-electron chi connectivity index (χ2n) is 3.80. The molecule has 0 saturated heterocycles. The van der Waals surface area contributed by atoms with Gasteiger partial charge in [-0.3, -0.25) is 4.57 Å². The summed E-state index contributed by atoms with van der Waals surface area (Å²) in [5, 5.41) is 0. The molecule has 0 fully saturated rings. The Morgan fingerprint density at radius 1 is 1.11 bits per heavy atom. The molecule has 0 aromatic heterocycles. The summed E-state index contributed by atoms with van der Waals surface area (Å²) in [6.45, 7) is 4.37. The lowest BCUT2D eigenvalue weighted by Gasteiger charge is -2.14. The van der Waals surface area contributed by atoms with Crippen LogP contribution in [0.1, 0.15) is 19.4 Å². The molecule has 0 heterocycles. The predicted molar refractivity (Wildman–Crippen MR) is 77.8 cm³/mol. The van der Waals surface area contributed by atoms with Gasteiger partial charge in [-0.25, -0.2) is 0 Å². The van der Waals surface area contributed by atoms with Gasteiger partial charge in [0.2, 0.25) is 0 Å². The van der Waals surface area contributed by atoms with Gasteiger partial charge in [-0.15, -0.1) is 0 Å². The minimum Gasteiger partial charge on any atom is -0.497 e. The number of allylic oxidation sites excluding steroid dienone is 1. The Morgan fingerprint density at radius 2 is 1.68 bits per heavy atom. The fourth-order valence-corrected chi connectivity index (χ4v) is 3.00. The first-order valence-electron chi connectivity index (χ1n) is 6.32. The summed E-state index contributed by atoms with van der Waals surface area (Å²) in [4.78, 5) is 0. The van der Waals surface area contributed by atoms with Crippen molar-refractivity contribution in [2.45, 2.75) is 13.8 Å². The van der Waals surface area contributed by atoms with Gasteiger partial charge in [0, 0.05) is 0 Å². The summed E-state index contributed by atoms with van der Waals surface area (Å²) >= 11 is 0. The van der Waals surface area contributed by atoms with Gasteiger partial charge in [-0.2, -0.15) is 0 Å². The van der Waals surface area contributed by atoms with Gasteiger partial charge in [-0.1, -0.05) is 24.3 Å². The quantitative estimate of drug-likeness (QED) is 0.677. The molecule has 0 aliphatic carbocycles. The van der Waals surface area contributed by atoms with Crippen LogP contribution in [0.3, 0.4) is 0 Å². The van der Waals surface area contributed by atoms with Crippen LogP contribution < -0.4 is 4.74 Å². The minimum atomic E-state index is -2.98. The second-order valence-corrected chi connectivity index (χ2v) is 5.91. The fraction of sp³-hybridized carbons (Fsp3) is 0.429. The lowest BCUT2D eigenvalue weighted by molar-refractivity contribution is 0.222. The predicted octanol–water partition coefficient (Wildman–Crippen LogP) is 3.97. The third-order valence-corrected chi connectivity index (χ3v) is 4.37. The highest BCUT2D eigenvalue weighted by molar-refractivity contribution is 7.54. The van der Waals surface area contributed by atoms with Gasteiger partial charge in [-0.05, 0) is 31.5 Å². The summed E-state index contributed by atoms with van der Waals surface area (Å²) in [5.41, 5.74) is 1.01. The second kappa shape index (κ2) is 8.16. The van der Waals surface area contributed by atoms with Crippen molar-refractivity contribution in [2.24, 2.45) is 0 Å². The topological polar surface area (TPSA) is 44.8 Å². The molecular weight excluding hydrogens is 263 g/mol. The third kappa shape index (κ3) is 5.60. The molecule has 0 N–H and O–H groups in total. The van der Waals surface area contributed by atoms with E-state index in [0.29, 0.717) is 13.2 Å². The van der Waals surface area contributed by atoms with Gasteiger partial charge < -0.3 is 13.8 Å². The summed E-state index contributed by atoms with van der Waals surface area (Å²) in [6.07, 6.45) is 3.98. The Bertz CT molecular complexity index is 429. The zero-order valence-electron chi connectivity index (χ0n) is 11.7. The van der Waals surface area contributed by atoms with Crippen molar-refractivity contribution in [3.05, 3.63) is 35.9 Å². The Morgan fingerprint density at radius 3 is 2.16 bits per heavy atom. The summed E-state index contributed by atoms with van der Waals surface area (Å²) in [5.74, 6) is 0.812. The number of hydrogen-bond donors (Lipinski definition) is 0. The number of ether oxygens (including phenoxy) is 1. The van der Waals surface area contributed by atoms with E-state index < -0.39 is 7.60 Å². The number of methoxy groups -OCH3 is 1. The van der Waals surface area contributed by atoms with Gasteiger partial charge in [0.15, 0.2) is 0 Å². The van der Waals surface area contributed by atoms with Crippen LogP contribution in [0.5, 0.6) is 5.75 Å². The highest BCUT2D eigenvalue weighted by Gasteiger charge is 2.20. The lowest BCUT2D eigenvalue weighted by Crippen LogP contribution is -1.98. The Balaban J connectivity index is 2.62. The lowest BCUT2D eigenvalue weighted by atomic mass is 10.2. The maximum Gasteiger partial charge on any atom is 0.334 e. The minimum absolute atomic E-state index is 0.278. The van der Waals surface area contributed by atoms with Crippen LogP contribution >= 0.6 is 7.60 Å². The van der Waals surface area contributed by atoms with E-state index in [9.17, 15) is 4.57 Å². The van der Waals surface area contributed by atoms with Gasteiger partial charge in [0.05, 0.1) is 26.5 Å². The van der Waals surface area contributed by atoms with Crippen molar-refractivity contribution < 1.29 is 18.3 Å². The molecule has 0 spiro atoms. The number of hydrogen-bond acceptors (Lipinski definition) is 4. The molecule has 0 saturated carbocycles. The van der Waals surface area contributed by atoms with Crippen molar-refractivity contribution in [1.29, 1.82) is 0 Å². The van der Waals surface area contributed by atoms with Gasteiger partial charge >= 0.3 is 7.60 Å². The zero-order valence-corrected chi connectivity index (χ0v) is 12.6. The first-order chi connectivity index (χ1) is 9.13. The standard InChI is InChI=1S/C14H21O4P/c1-4-17-19(15,18-5-2)12-6-7-13-8-10-14(16-3)11-9-13/h6-11H,4-5,12H2,1-3H3. The Labute approximate surface area is 114 Å². The van der Waals surface area contributed by atoms with E-state index in [1.807, 2.05) is 36.4 Å². The van der Waals surface area contributed by atoms with Crippen LogP contribution in [0, 0.1) is 0 Å². The molecule has 0 radical (unpaired) electrons. The first kappa shape index (κ1) is 16.0. The first-order valence-corrected chi connectivity index (χ1v) is 8.05. The molecule has 0 aliphatic rings. The molecular formula is C14H21O4P. The SMILES string of the molecule is CCOP(=O)(CC=Cc1ccc(OC)cc1)OCC. The third-order valence-electron chi connectivity index (χ3n) is 2.41. The van der Waals surface area contributed by atoms with E-state index in [2.05, 4.69) is 0 Å². The molecule has 0 aliphatic heterocycles. The Kier molecular flexibility index (Phi) is 6.85. The van der Waals surface area contributed by atoms with Crippen LogP contribution in [0.15, 0.2) is 30.3 Å². The van der Waals surface area contributed by atoms with Crippen molar-refractivity contribution in [3.63, 3.8) is 0 Å².